The van der Waals surface area contributed by atoms with Gasteiger partial charge in [0.15, 0.2) is 0 Å². The molecule has 2 heterocycles. The second-order valence-corrected chi connectivity index (χ2v) is 5.08. The average molecular weight is 226 g/mol. The van der Waals surface area contributed by atoms with E-state index in [1.807, 2.05) is 0 Å². The Labute approximate surface area is 97.2 Å². The van der Waals surface area contributed by atoms with Gasteiger partial charge in [0.1, 0.15) is 0 Å². The van der Waals surface area contributed by atoms with Crippen molar-refractivity contribution < 1.29 is 9.90 Å². The van der Waals surface area contributed by atoms with Gasteiger partial charge in [-0.25, -0.2) is 0 Å². The van der Waals surface area contributed by atoms with Gasteiger partial charge in [-0.2, -0.15) is 0 Å². The highest BCUT2D eigenvalue weighted by atomic mass is 16.4. The lowest BCUT2D eigenvalue weighted by molar-refractivity contribution is -0.137. The van der Waals surface area contributed by atoms with E-state index in [9.17, 15) is 4.79 Å². The lowest BCUT2D eigenvalue weighted by Crippen LogP contribution is -2.46. The Morgan fingerprint density at radius 3 is 2.94 bits per heavy atom. The van der Waals surface area contributed by atoms with Crippen molar-refractivity contribution in [1.29, 1.82) is 0 Å². The van der Waals surface area contributed by atoms with Crippen molar-refractivity contribution in [2.24, 2.45) is 0 Å². The maximum Gasteiger partial charge on any atom is 0.304 e. The number of carboxylic acids is 1. The molecule has 0 bridgehead atoms. The summed E-state index contributed by atoms with van der Waals surface area (Å²) in [7, 11) is 2.08. The lowest BCUT2D eigenvalue weighted by atomic mass is 9.98. The molecule has 4 nitrogen and oxygen atoms in total. The van der Waals surface area contributed by atoms with E-state index >= 15 is 0 Å². The fraction of sp³-hybridized carbons (Fsp3) is 0.917. The van der Waals surface area contributed by atoms with Crippen LogP contribution in [0.3, 0.4) is 0 Å². The molecule has 0 spiro atoms. The Kier molecular flexibility index (Phi) is 3.82. The second-order valence-electron chi connectivity index (χ2n) is 5.08. The molecule has 16 heavy (non-hydrogen) atoms. The van der Waals surface area contributed by atoms with E-state index in [4.69, 9.17) is 5.11 Å². The van der Waals surface area contributed by atoms with Gasteiger partial charge in [0.05, 0.1) is 6.42 Å². The number of hydrogen-bond acceptors (Lipinski definition) is 3. The van der Waals surface area contributed by atoms with Gasteiger partial charge in [-0.3, -0.25) is 9.69 Å². The molecule has 2 unspecified atom stereocenters. The topological polar surface area (TPSA) is 43.8 Å². The summed E-state index contributed by atoms with van der Waals surface area (Å²) in [6.45, 7) is 3.13. The summed E-state index contributed by atoms with van der Waals surface area (Å²) in [5.41, 5.74) is 0. The number of carboxylic acid groups (broad SMARTS) is 1. The van der Waals surface area contributed by atoms with E-state index in [0.29, 0.717) is 18.6 Å². The van der Waals surface area contributed by atoms with Gasteiger partial charge in [0.25, 0.3) is 0 Å². The standard InChI is InChI=1S/C12H22N2O2/c1-13(8-6-12(15)16)10-5-9-14-7-3-2-4-11(10)14/h10-11H,2-9H2,1H3,(H,15,16). The zero-order chi connectivity index (χ0) is 11.5. The summed E-state index contributed by atoms with van der Waals surface area (Å²) < 4.78 is 0. The van der Waals surface area contributed by atoms with Crippen molar-refractivity contribution in [2.75, 3.05) is 26.7 Å². The van der Waals surface area contributed by atoms with Crippen LogP contribution in [0.4, 0.5) is 0 Å². The van der Waals surface area contributed by atoms with E-state index < -0.39 is 5.97 Å². The fourth-order valence-electron chi connectivity index (χ4n) is 3.17. The molecule has 2 fully saturated rings. The molecule has 0 aromatic heterocycles. The summed E-state index contributed by atoms with van der Waals surface area (Å²) >= 11 is 0. The minimum absolute atomic E-state index is 0.264. The summed E-state index contributed by atoms with van der Waals surface area (Å²) in [5, 5.41) is 8.70. The Hall–Kier alpha value is -0.610. The molecule has 2 saturated heterocycles. The van der Waals surface area contributed by atoms with Crippen molar-refractivity contribution in [3.05, 3.63) is 0 Å². The van der Waals surface area contributed by atoms with Gasteiger partial charge in [-0.1, -0.05) is 6.42 Å². The van der Waals surface area contributed by atoms with E-state index in [2.05, 4.69) is 16.8 Å². The molecule has 2 atom stereocenters. The maximum atomic E-state index is 10.6. The molecule has 0 aliphatic carbocycles. The summed E-state index contributed by atoms with van der Waals surface area (Å²) in [4.78, 5) is 15.4. The molecule has 92 valence electrons. The van der Waals surface area contributed by atoms with Crippen molar-refractivity contribution in [3.8, 4) is 0 Å². The van der Waals surface area contributed by atoms with Crippen LogP contribution in [0.1, 0.15) is 32.1 Å². The number of hydrogen-bond donors (Lipinski definition) is 1. The molecule has 0 saturated carbocycles. The number of aliphatic carboxylic acids is 1. The van der Waals surface area contributed by atoms with E-state index in [1.54, 1.807) is 0 Å². The third-order valence-electron chi connectivity index (χ3n) is 4.06. The van der Waals surface area contributed by atoms with Gasteiger partial charge in [0, 0.05) is 25.2 Å². The highest BCUT2D eigenvalue weighted by molar-refractivity contribution is 5.66. The minimum Gasteiger partial charge on any atom is -0.481 e. The van der Waals surface area contributed by atoms with Crippen LogP contribution in [0.15, 0.2) is 0 Å². The average Bonchev–Trinajstić information content (AvgIpc) is 2.69. The van der Waals surface area contributed by atoms with E-state index in [0.717, 1.165) is 0 Å². The van der Waals surface area contributed by atoms with Gasteiger partial charge in [-0.15, -0.1) is 0 Å². The van der Waals surface area contributed by atoms with Crippen molar-refractivity contribution >= 4 is 5.97 Å². The number of piperidine rings is 1. The summed E-state index contributed by atoms with van der Waals surface area (Å²) in [6.07, 6.45) is 5.44. The van der Waals surface area contributed by atoms with Crippen LogP contribution in [0.25, 0.3) is 0 Å². The smallest absolute Gasteiger partial charge is 0.304 e. The predicted octanol–water partition coefficient (Wildman–Crippen LogP) is 1.02. The van der Waals surface area contributed by atoms with Gasteiger partial charge < -0.3 is 10.0 Å². The molecule has 1 N–H and O–H groups in total. The first kappa shape index (κ1) is 11.9. The zero-order valence-corrected chi connectivity index (χ0v) is 10.1. The normalized spacial score (nSPS) is 30.6. The summed E-state index contributed by atoms with van der Waals surface area (Å²) in [5.74, 6) is -0.689. The van der Waals surface area contributed by atoms with Crippen LogP contribution in [0, 0.1) is 0 Å². The largest absolute Gasteiger partial charge is 0.481 e. The number of nitrogens with zero attached hydrogens (tertiary/aromatic N) is 2. The Bertz CT molecular complexity index is 257. The molecule has 0 aromatic rings. The van der Waals surface area contributed by atoms with Crippen LogP contribution in [-0.2, 0) is 4.79 Å². The molecule has 2 rings (SSSR count). The Morgan fingerprint density at radius 2 is 2.19 bits per heavy atom. The van der Waals surface area contributed by atoms with Crippen molar-refractivity contribution in [2.45, 2.75) is 44.2 Å². The number of rotatable bonds is 4. The Balaban J connectivity index is 1.86. The van der Waals surface area contributed by atoms with Gasteiger partial charge in [-0.05, 0) is 32.9 Å². The second kappa shape index (κ2) is 5.15. The Morgan fingerprint density at radius 1 is 1.38 bits per heavy atom. The first-order valence-electron chi connectivity index (χ1n) is 6.34. The van der Waals surface area contributed by atoms with E-state index in [1.165, 1.54) is 38.8 Å². The van der Waals surface area contributed by atoms with Crippen molar-refractivity contribution in [3.63, 3.8) is 0 Å². The van der Waals surface area contributed by atoms with Crippen LogP contribution in [-0.4, -0.2) is 59.6 Å². The van der Waals surface area contributed by atoms with Crippen molar-refractivity contribution in [1.82, 2.24) is 9.80 Å². The third kappa shape index (κ3) is 2.55. The molecule has 2 aliphatic heterocycles. The monoisotopic (exact) mass is 226 g/mol. The molecular formula is C12H22N2O2. The number of carbonyl (C=O) groups is 1. The highest BCUT2D eigenvalue weighted by Gasteiger charge is 2.37. The van der Waals surface area contributed by atoms with Gasteiger partial charge >= 0.3 is 5.97 Å². The molecule has 4 heteroatoms. The molecule has 0 amide bonds. The van der Waals surface area contributed by atoms with Gasteiger partial charge in [0.2, 0.25) is 0 Å². The van der Waals surface area contributed by atoms with Crippen LogP contribution in [0.5, 0.6) is 0 Å². The first-order valence-corrected chi connectivity index (χ1v) is 6.34. The quantitative estimate of drug-likeness (QED) is 0.777. The number of fused-ring (bicyclic) bond motifs is 1. The van der Waals surface area contributed by atoms with E-state index in [-0.39, 0.29) is 6.42 Å². The van der Waals surface area contributed by atoms with Crippen LogP contribution < -0.4 is 0 Å². The SMILES string of the molecule is CN(CCC(=O)O)C1CCN2CCCCC12. The molecule has 0 radical (unpaired) electrons. The number of likely N-dealkylation sites (N-methyl/N-ethyl adjacent to an activating group) is 1. The highest BCUT2D eigenvalue weighted by Crippen LogP contribution is 2.29. The minimum atomic E-state index is -0.689. The predicted molar refractivity (Wildman–Crippen MR) is 62.5 cm³/mol. The lowest BCUT2D eigenvalue weighted by Gasteiger charge is -2.36. The molecule has 2 aliphatic rings. The molecule has 0 aromatic carbocycles. The zero-order valence-electron chi connectivity index (χ0n) is 10.1. The molecular weight excluding hydrogens is 204 g/mol. The first-order chi connectivity index (χ1) is 7.68. The fourth-order valence-corrected chi connectivity index (χ4v) is 3.17. The third-order valence-corrected chi connectivity index (χ3v) is 4.06. The maximum absolute atomic E-state index is 10.6. The van der Waals surface area contributed by atoms with Crippen LogP contribution in [0.2, 0.25) is 0 Å². The van der Waals surface area contributed by atoms with Crippen LogP contribution >= 0.6 is 0 Å². The summed E-state index contributed by atoms with van der Waals surface area (Å²) in [6, 6.07) is 1.27.